The first-order valence-electron chi connectivity index (χ1n) is 10.4. The zero-order valence-corrected chi connectivity index (χ0v) is 18.1. The van der Waals surface area contributed by atoms with Crippen LogP contribution in [0.5, 0.6) is 0 Å². The molecule has 5 N–H and O–H groups in total. The Kier molecular flexibility index (Phi) is 8.48. The molecule has 0 spiro atoms. The molecule has 0 bridgehead atoms. The largest absolute Gasteiger partial charge is 0.469 e. The molecule has 2 aromatic rings. The first kappa shape index (κ1) is 23.6. The van der Waals surface area contributed by atoms with Crippen LogP contribution in [-0.2, 0) is 11.2 Å². The lowest BCUT2D eigenvalue weighted by molar-refractivity contribution is -0.124. The summed E-state index contributed by atoms with van der Waals surface area (Å²) < 4.78 is 20.0. The highest BCUT2D eigenvalue weighted by Gasteiger charge is 2.26. The topological polar surface area (TPSA) is 141 Å². The molecule has 1 fully saturated rings. The van der Waals surface area contributed by atoms with Crippen LogP contribution in [0, 0.1) is 17.7 Å². The number of hydrogen-bond acceptors (Lipinski definition) is 7. The second-order valence-corrected chi connectivity index (χ2v) is 7.98. The van der Waals surface area contributed by atoms with Crippen LogP contribution >= 0.6 is 11.6 Å². The van der Waals surface area contributed by atoms with Crippen molar-refractivity contribution in [3.05, 3.63) is 35.3 Å². The van der Waals surface area contributed by atoms with Crippen LogP contribution in [0.2, 0.25) is 5.28 Å². The summed E-state index contributed by atoms with van der Waals surface area (Å²) in [5, 5.41) is 13.8. The summed E-state index contributed by atoms with van der Waals surface area (Å²) in [5.74, 6) is -1.22. The van der Waals surface area contributed by atoms with Gasteiger partial charge in [-0.05, 0) is 36.1 Å². The Hall–Kier alpha value is -3.08. The van der Waals surface area contributed by atoms with Crippen molar-refractivity contribution in [2.75, 3.05) is 23.8 Å². The van der Waals surface area contributed by atoms with Gasteiger partial charge in [0.2, 0.25) is 17.0 Å². The highest BCUT2D eigenvalue weighted by Crippen LogP contribution is 2.30. The number of aromatic nitrogens is 2. The third kappa shape index (κ3) is 6.98. The van der Waals surface area contributed by atoms with Crippen LogP contribution in [-0.4, -0.2) is 40.2 Å². The van der Waals surface area contributed by atoms with Crippen molar-refractivity contribution in [1.82, 2.24) is 20.7 Å². The third-order valence-electron chi connectivity index (χ3n) is 5.34. The van der Waals surface area contributed by atoms with Crippen molar-refractivity contribution in [2.24, 2.45) is 11.8 Å². The van der Waals surface area contributed by atoms with Gasteiger partial charge in [0.15, 0.2) is 11.6 Å². The molecule has 10 nitrogen and oxygen atoms in total. The minimum Gasteiger partial charge on any atom is -0.469 e. The Morgan fingerprint density at radius 1 is 1.28 bits per heavy atom. The van der Waals surface area contributed by atoms with E-state index in [2.05, 4.69) is 31.5 Å². The summed E-state index contributed by atoms with van der Waals surface area (Å²) in [7, 11) is 0. The van der Waals surface area contributed by atoms with Gasteiger partial charge in [-0.25, -0.2) is 4.79 Å². The van der Waals surface area contributed by atoms with Gasteiger partial charge in [0.25, 0.3) is 0 Å². The number of anilines is 2. The number of carbonyl (C=O) groups excluding carboxylic acids is 1. The van der Waals surface area contributed by atoms with Crippen molar-refractivity contribution in [3.63, 3.8) is 0 Å². The monoisotopic (exact) mass is 468 g/mol. The zero-order valence-electron chi connectivity index (χ0n) is 17.4. The standard InChI is InChI=1S/C20H26ClFN6O4/c21-19-25-16(23-8-7-14-6-3-9-32-14)15(22)17(26-19)27-28-18(29)13(11-24-20(30)31)10-12-4-1-2-5-12/h3,6,9,12-13,24H,1-2,4-5,7-8,10-11H2,(H,28,29)(H,30,31)(H2,23,25,26,27)/t13-/m1/s1. The Balaban J connectivity index is 1.59. The lowest BCUT2D eigenvalue weighted by Gasteiger charge is -2.20. The van der Waals surface area contributed by atoms with Crippen LogP contribution in [0.25, 0.3) is 0 Å². The molecule has 2 aromatic heterocycles. The first-order valence-corrected chi connectivity index (χ1v) is 10.8. The number of carboxylic acid groups (broad SMARTS) is 1. The molecule has 32 heavy (non-hydrogen) atoms. The van der Waals surface area contributed by atoms with Crippen LogP contribution in [0.1, 0.15) is 37.9 Å². The van der Waals surface area contributed by atoms with E-state index < -0.39 is 23.7 Å². The number of nitrogens with one attached hydrogen (secondary N) is 4. The fourth-order valence-electron chi connectivity index (χ4n) is 3.74. The molecule has 174 valence electrons. The number of amides is 2. The highest BCUT2D eigenvalue weighted by molar-refractivity contribution is 6.28. The van der Waals surface area contributed by atoms with Crippen molar-refractivity contribution in [2.45, 2.75) is 38.5 Å². The predicted octanol–water partition coefficient (Wildman–Crippen LogP) is 3.42. The molecule has 1 aliphatic carbocycles. The summed E-state index contributed by atoms with van der Waals surface area (Å²) in [6.45, 7) is 0.305. The van der Waals surface area contributed by atoms with E-state index in [9.17, 15) is 14.0 Å². The summed E-state index contributed by atoms with van der Waals surface area (Å²) in [6, 6.07) is 3.56. The Morgan fingerprint density at radius 2 is 2.03 bits per heavy atom. The summed E-state index contributed by atoms with van der Waals surface area (Å²) in [5.41, 5.74) is 4.86. The van der Waals surface area contributed by atoms with E-state index in [-0.39, 0.29) is 23.5 Å². The number of hydrogen-bond donors (Lipinski definition) is 5. The summed E-state index contributed by atoms with van der Waals surface area (Å²) in [4.78, 5) is 31.2. The molecular weight excluding hydrogens is 443 g/mol. The first-order chi connectivity index (χ1) is 15.4. The molecule has 2 amide bonds. The number of halogens is 2. The predicted molar refractivity (Wildman–Crippen MR) is 116 cm³/mol. The minimum atomic E-state index is -1.21. The smallest absolute Gasteiger partial charge is 0.404 e. The normalized spacial score (nSPS) is 14.7. The van der Waals surface area contributed by atoms with Gasteiger partial charge < -0.3 is 20.2 Å². The third-order valence-corrected chi connectivity index (χ3v) is 5.50. The fourth-order valence-corrected chi connectivity index (χ4v) is 3.91. The van der Waals surface area contributed by atoms with Gasteiger partial charge in [0.1, 0.15) is 5.76 Å². The van der Waals surface area contributed by atoms with E-state index in [1.54, 1.807) is 18.4 Å². The quantitative estimate of drug-likeness (QED) is 0.249. The number of rotatable bonds is 11. The number of hydrazine groups is 1. The van der Waals surface area contributed by atoms with Gasteiger partial charge in [-0.2, -0.15) is 14.4 Å². The zero-order chi connectivity index (χ0) is 22.9. The minimum absolute atomic E-state index is 0.0358. The molecule has 1 atom stereocenters. The van der Waals surface area contributed by atoms with Gasteiger partial charge in [-0.15, -0.1) is 0 Å². The number of carbonyl (C=O) groups is 2. The molecule has 0 aromatic carbocycles. The molecule has 12 heteroatoms. The van der Waals surface area contributed by atoms with Crippen LogP contribution in [0.3, 0.4) is 0 Å². The lowest BCUT2D eigenvalue weighted by Crippen LogP contribution is -2.41. The van der Waals surface area contributed by atoms with Crippen LogP contribution < -0.4 is 21.5 Å². The van der Waals surface area contributed by atoms with Crippen LogP contribution in [0.4, 0.5) is 20.8 Å². The average molecular weight is 469 g/mol. The second kappa shape index (κ2) is 11.5. The molecular formula is C20H26ClFN6O4. The Bertz CT molecular complexity index is 908. The molecule has 1 saturated carbocycles. The molecule has 0 saturated heterocycles. The maximum Gasteiger partial charge on any atom is 0.404 e. The van der Waals surface area contributed by atoms with Gasteiger partial charge in [0.05, 0.1) is 12.2 Å². The second-order valence-electron chi connectivity index (χ2n) is 7.64. The SMILES string of the molecule is O=C(O)NC[C@@H](CC1CCCC1)C(=O)NNc1nc(Cl)nc(NCCc2ccco2)c1F. The highest BCUT2D eigenvalue weighted by atomic mass is 35.5. The van der Waals surface area contributed by atoms with Gasteiger partial charge in [0, 0.05) is 19.5 Å². The molecule has 2 heterocycles. The van der Waals surface area contributed by atoms with Crippen molar-refractivity contribution in [3.8, 4) is 0 Å². The van der Waals surface area contributed by atoms with E-state index in [1.165, 1.54) is 0 Å². The van der Waals surface area contributed by atoms with E-state index in [0.717, 1.165) is 31.4 Å². The molecule has 0 radical (unpaired) electrons. The van der Waals surface area contributed by atoms with E-state index >= 15 is 0 Å². The van der Waals surface area contributed by atoms with E-state index in [0.29, 0.717) is 25.3 Å². The fraction of sp³-hybridized carbons (Fsp3) is 0.500. The van der Waals surface area contributed by atoms with Gasteiger partial charge in [-0.1, -0.05) is 25.7 Å². The van der Waals surface area contributed by atoms with Crippen LogP contribution in [0.15, 0.2) is 22.8 Å². The van der Waals surface area contributed by atoms with Gasteiger partial charge in [-0.3, -0.25) is 15.6 Å². The van der Waals surface area contributed by atoms with Gasteiger partial charge >= 0.3 is 6.09 Å². The maximum atomic E-state index is 14.8. The van der Waals surface area contributed by atoms with Crippen molar-refractivity contribution in [1.29, 1.82) is 0 Å². The molecule has 1 aliphatic rings. The number of nitrogens with zero attached hydrogens (tertiary/aromatic N) is 2. The lowest BCUT2D eigenvalue weighted by atomic mass is 9.92. The molecule has 3 rings (SSSR count). The summed E-state index contributed by atoms with van der Waals surface area (Å²) >= 11 is 5.90. The Morgan fingerprint density at radius 3 is 2.72 bits per heavy atom. The van der Waals surface area contributed by atoms with Crippen molar-refractivity contribution < 1.29 is 23.5 Å². The summed E-state index contributed by atoms with van der Waals surface area (Å²) in [6.07, 6.45) is 5.61. The number of furan rings is 1. The Labute approximate surface area is 189 Å². The maximum absolute atomic E-state index is 14.8. The molecule has 0 unspecified atom stereocenters. The molecule has 0 aliphatic heterocycles. The van der Waals surface area contributed by atoms with E-state index in [4.69, 9.17) is 21.1 Å². The van der Waals surface area contributed by atoms with E-state index in [1.807, 2.05) is 0 Å². The van der Waals surface area contributed by atoms with Crippen molar-refractivity contribution >= 4 is 35.2 Å². The average Bonchev–Trinajstić information content (AvgIpc) is 3.46.